The first-order valence-corrected chi connectivity index (χ1v) is 8.80. The quantitative estimate of drug-likeness (QED) is 0.191. The summed E-state index contributed by atoms with van der Waals surface area (Å²) in [7, 11) is 0. The SMILES string of the molecule is C=CC(=O)OCC(CCCCCCC)(COC(=O)C=C)COC(=O)C=C. The van der Waals surface area contributed by atoms with E-state index in [4.69, 9.17) is 14.2 Å². The second-order valence-corrected chi connectivity index (χ2v) is 6.10. The molecule has 0 aromatic rings. The van der Waals surface area contributed by atoms with Crippen LogP contribution in [0.3, 0.4) is 0 Å². The second-order valence-electron chi connectivity index (χ2n) is 6.10. The van der Waals surface area contributed by atoms with Gasteiger partial charge in [0.1, 0.15) is 19.8 Å². The van der Waals surface area contributed by atoms with E-state index in [-0.39, 0.29) is 19.8 Å². The Morgan fingerprint density at radius 2 is 1.12 bits per heavy atom. The molecule has 26 heavy (non-hydrogen) atoms. The number of rotatable bonds is 15. The molecule has 0 aromatic carbocycles. The van der Waals surface area contributed by atoms with Crippen molar-refractivity contribution >= 4 is 17.9 Å². The molecule has 0 saturated heterocycles. The van der Waals surface area contributed by atoms with Crippen molar-refractivity contribution in [3.8, 4) is 0 Å². The van der Waals surface area contributed by atoms with Crippen LogP contribution in [0.25, 0.3) is 0 Å². The molecule has 0 spiro atoms. The van der Waals surface area contributed by atoms with Crippen LogP contribution >= 0.6 is 0 Å². The van der Waals surface area contributed by atoms with Crippen LogP contribution in [-0.2, 0) is 28.6 Å². The molecule has 0 rings (SSSR count). The van der Waals surface area contributed by atoms with Crippen LogP contribution in [0, 0.1) is 5.41 Å². The van der Waals surface area contributed by atoms with Crippen molar-refractivity contribution in [3.63, 3.8) is 0 Å². The van der Waals surface area contributed by atoms with Crippen molar-refractivity contribution in [1.82, 2.24) is 0 Å². The Kier molecular flexibility index (Phi) is 12.6. The van der Waals surface area contributed by atoms with Gasteiger partial charge in [-0.1, -0.05) is 58.8 Å². The van der Waals surface area contributed by atoms with Crippen molar-refractivity contribution in [1.29, 1.82) is 0 Å². The summed E-state index contributed by atoms with van der Waals surface area (Å²) in [5.74, 6) is -1.78. The topological polar surface area (TPSA) is 78.9 Å². The van der Waals surface area contributed by atoms with Crippen LogP contribution < -0.4 is 0 Å². The van der Waals surface area contributed by atoms with Crippen LogP contribution in [0.1, 0.15) is 45.4 Å². The lowest BCUT2D eigenvalue weighted by Crippen LogP contribution is -2.39. The van der Waals surface area contributed by atoms with Crippen molar-refractivity contribution in [3.05, 3.63) is 38.0 Å². The smallest absolute Gasteiger partial charge is 0.330 e. The van der Waals surface area contributed by atoms with Gasteiger partial charge in [-0.3, -0.25) is 0 Å². The first-order valence-electron chi connectivity index (χ1n) is 8.80. The lowest BCUT2D eigenvalue weighted by molar-refractivity contribution is -0.156. The summed E-state index contributed by atoms with van der Waals surface area (Å²) in [5.41, 5.74) is -0.831. The van der Waals surface area contributed by atoms with Gasteiger partial charge in [0.05, 0.1) is 5.41 Å². The molecule has 0 amide bonds. The van der Waals surface area contributed by atoms with Gasteiger partial charge in [0.25, 0.3) is 0 Å². The fraction of sp³-hybridized carbons (Fsp3) is 0.550. The molecule has 0 bridgehead atoms. The summed E-state index contributed by atoms with van der Waals surface area (Å²) in [6, 6.07) is 0. The van der Waals surface area contributed by atoms with E-state index in [0.29, 0.717) is 6.42 Å². The lowest BCUT2D eigenvalue weighted by Gasteiger charge is -2.32. The van der Waals surface area contributed by atoms with Crippen LogP contribution in [0.2, 0.25) is 0 Å². The summed E-state index contributed by atoms with van der Waals surface area (Å²) in [5, 5.41) is 0. The molecule has 0 aliphatic rings. The van der Waals surface area contributed by atoms with Crippen molar-refractivity contribution < 1.29 is 28.6 Å². The van der Waals surface area contributed by atoms with E-state index in [1.807, 2.05) is 0 Å². The molecule has 0 fully saturated rings. The van der Waals surface area contributed by atoms with E-state index in [2.05, 4.69) is 26.7 Å². The van der Waals surface area contributed by atoms with Crippen LogP contribution in [0.4, 0.5) is 0 Å². The molecule has 6 nitrogen and oxygen atoms in total. The molecule has 0 heterocycles. The maximum Gasteiger partial charge on any atom is 0.330 e. The second kappa shape index (κ2) is 13.9. The number of esters is 3. The van der Waals surface area contributed by atoms with Crippen molar-refractivity contribution in [2.75, 3.05) is 19.8 Å². The normalized spacial score (nSPS) is 10.5. The standard InChI is InChI=1S/C20H30O6/c1-5-9-10-11-12-13-20(14-24-17(21)6-2,15-25-18(22)7-3)16-26-19(23)8-4/h6-8H,2-5,9-16H2,1H3. The van der Waals surface area contributed by atoms with E-state index < -0.39 is 23.3 Å². The van der Waals surface area contributed by atoms with E-state index >= 15 is 0 Å². The molecular weight excluding hydrogens is 336 g/mol. The summed E-state index contributed by atoms with van der Waals surface area (Å²) in [4.78, 5) is 34.4. The average Bonchev–Trinajstić information content (AvgIpc) is 2.67. The minimum absolute atomic E-state index is 0.0551. The van der Waals surface area contributed by atoms with E-state index in [0.717, 1.165) is 50.3 Å². The Morgan fingerprint density at radius 1 is 0.731 bits per heavy atom. The van der Waals surface area contributed by atoms with E-state index in [1.165, 1.54) is 0 Å². The van der Waals surface area contributed by atoms with Gasteiger partial charge < -0.3 is 14.2 Å². The highest BCUT2D eigenvalue weighted by Crippen LogP contribution is 2.28. The largest absolute Gasteiger partial charge is 0.462 e. The zero-order chi connectivity index (χ0) is 19.8. The third-order valence-electron chi connectivity index (χ3n) is 3.87. The fourth-order valence-electron chi connectivity index (χ4n) is 2.29. The number of hydrogen-bond acceptors (Lipinski definition) is 6. The van der Waals surface area contributed by atoms with Crippen LogP contribution in [0.15, 0.2) is 38.0 Å². The van der Waals surface area contributed by atoms with E-state index in [1.54, 1.807) is 0 Å². The third-order valence-corrected chi connectivity index (χ3v) is 3.87. The van der Waals surface area contributed by atoms with Gasteiger partial charge in [-0.05, 0) is 6.42 Å². The molecule has 146 valence electrons. The Balaban J connectivity index is 5.13. The monoisotopic (exact) mass is 366 g/mol. The Hall–Kier alpha value is -2.37. The molecule has 0 aliphatic carbocycles. The van der Waals surface area contributed by atoms with Gasteiger partial charge >= 0.3 is 17.9 Å². The predicted molar refractivity (Wildman–Crippen MR) is 99.3 cm³/mol. The minimum Gasteiger partial charge on any atom is -0.462 e. The van der Waals surface area contributed by atoms with Gasteiger partial charge in [0.2, 0.25) is 0 Å². The predicted octanol–water partition coefficient (Wildman–Crippen LogP) is 3.52. The number of carbonyl (C=O) groups is 3. The molecule has 0 radical (unpaired) electrons. The fourth-order valence-corrected chi connectivity index (χ4v) is 2.29. The van der Waals surface area contributed by atoms with Crippen molar-refractivity contribution in [2.45, 2.75) is 45.4 Å². The first-order chi connectivity index (χ1) is 12.4. The van der Waals surface area contributed by atoms with E-state index in [9.17, 15) is 14.4 Å². The third kappa shape index (κ3) is 10.5. The maximum atomic E-state index is 11.5. The molecule has 0 aliphatic heterocycles. The van der Waals surface area contributed by atoms with Crippen molar-refractivity contribution in [2.24, 2.45) is 5.41 Å². The summed E-state index contributed by atoms with van der Waals surface area (Å²) in [6.45, 7) is 12.0. The molecule has 0 aromatic heterocycles. The minimum atomic E-state index is -0.831. The highest BCUT2D eigenvalue weighted by molar-refractivity contribution is 5.82. The van der Waals surface area contributed by atoms with Gasteiger partial charge in [-0.2, -0.15) is 0 Å². The lowest BCUT2D eigenvalue weighted by atomic mass is 9.84. The van der Waals surface area contributed by atoms with Crippen LogP contribution in [0.5, 0.6) is 0 Å². The van der Waals surface area contributed by atoms with Crippen LogP contribution in [-0.4, -0.2) is 37.7 Å². The highest BCUT2D eigenvalue weighted by Gasteiger charge is 2.35. The molecule has 0 saturated carbocycles. The Labute approximate surface area is 155 Å². The molecule has 6 heteroatoms. The number of ether oxygens (including phenoxy) is 3. The van der Waals surface area contributed by atoms with Gasteiger partial charge in [0, 0.05) is 18.2 Å². The van der Waals surface area contributed by atoms with Gasteiger partial charge in [-0.15, -0.1) is 0 Å². The summed E-state index contributed by atoms with van der Waals surface area (Å²) < 4.78 is 15.5. The number of unbranched alkanes of at least 4 members (excludes halogenated alkanes) is 4. The summed E-state index contributed by atoms with van der Waals surface area (Å²) in [6.07, 6.45) is 8.87. The first kappa shape index (κ1) is 23.6. The van der Waals surface area contributed by atoms with Gasteiger partial charge in [0.15, 0.2) is 0 Å². The maximum absolute atomic E-state index is 11.5. The zero-order valence-corrected chi connectivity index (χ0v) is 15.7. The molecule has 0 atom stereocenters. The number of carbonyl (C=O) groups excluding carboxylic acids is 3. The Morgan fingerprint density at radius 3 is 1.46 bits per heavy atom. The molecule has 0 N–H and O–H groups in total. The Bertz CT molecular complexity index is 435. The zero-order valence-electron chi connectivity index (χ0n) is 15.7. The number of hydrogen-bond donors (Lipinski definition) is 0. The van der Waals surface area contributed by atoms with Gasteiger partial charge in [-0.25, -0.2) is 14.4 Å². The highest BCUT2D eigenvalue weighted by atomic mass is 16.6. The molecule has 0 unspecified atom stereocenters. The average molecular weight is 366 g/mol. The summed E-state index contributed by atoms with van der Waals surface area (Å²) >= 11 is 0. The molecular formula is C20H30O6.